The summed E-state index contributed by atoms with van der Waals surface area (Å²) < 4.78 is 5.92. The number of rotatable bonds is 2. The lowest BCUT2D eigenvalue weighted by molar-refractivity contribution is 0.589. The molecule has 3 nitrogen and oxygen atoms in total. The van der Waals surface area contributed by atoms with Gasteiger partial charge >= 0.3 is 0 Å². The fourth-order valence-corrected chi connectivity index (χ4v) is 2.42. The van der Waals surface area contributed by atoms with Crippen molar-refractivity contribution >= 4 is 10.9 Å². The Hall–Kier alpha value is -2.94. The first-order valence-corrected chi connectivity index (χ1v) is 6.77. The van der Waals surface area contributed by atoms with Crippen molar-refractivity contribution < 1.29 is 4.42 Å². The smallest absolute Gasteiger partial charge is 0.227 e. The molecular formula is C18H12N2O. The van der Waals surface area contributed by atoms with Gasteiger partial charge in [-0.2, -0.15) is 0 Å². The van der Waals surface area contributed by atoms with Crippen LogP contribution in [0.5, 0.6) is 0 Å². The number of pyridine rings is 1. The van der Waals surface area contributed by atoms with Gasteiger partial charge in [-0.15, -0.1) is 0 Å². The molecule has 21 heavy (non-hydrogen) atoms. The first-order chi connectivity index (χ1) is 10.4. The Bertz CT molecular complexity index is 892. The Morgan fingerprint density at radius 1 is 0.762 bits per heavy atom. The van der Waals surface area contributed by atoms with Crippen LogP contribution < -0.4 is 0 Å². The predicted octanol–water partition coefficient (Wildman–Crippen LogP) is 4.56. The summed E-state index contributed by atoms with van der Waals surface area (Å²) in [7, 11) is 0. The highest BCUT2D eigenvalue weighted by molar-refractivity contribution is 5.92. The van der Waals surface area contributed by atoms with E-state index >= 15 is 0 Å². The molecule has 0 saturated carbocycles. The van der Waals surface area contributed by atoms with E-state index in [1.165, 1.54) is 0 Å². The van der Waals surface area contributed by atoms with Crippen LogP contribution in [0.2, 0.25) is 0 Å². The predicted molar refractivity (Wildman–Crippen MR) is 82.7 cm³/mol. The monoisotopic (exact) mass is 272 g/mol. The van der Waals surface area contributed by atoms with E-state index in [9.17, 15) is 0 Å². The molecule has 0 saturated heterocycles. The summed E-state index contributed by atoms with van der Waals surface area (Å²) in [6, 6.07) is 19.9. The van der Waals surface area contributed by atoms with Crippen molar-refractivity contribution in [2.45, 2.75) is 0 Å². The highest BCUT2D eigenvalue weighted by Gasteiger charge is 2.11. The van der Waals surface area contributed by atoms with Crippen LogP contribution in [0, 0.1) is 0 Å². The molecule has 3 heteroatoms. The van der Waals surface area contributed by atoms with Crippen LogP contribution in [0.25, 0.3) is 33.7 Å². The molecule has 0 radical (unpaired) electrons. The zero-order valence-electron chi connectivity index (χ0n) is 11.2. The summed E-state index contributed by atoms with van der Waals surface area (Å²) in [6.07, 6.45) is 3.55. The van der Waals surface area contributed by atoms with Crippen LogP contribution in [0.3, 0.4) is 0 Å². The fraction of sp³-hybridized carbons (Fsp3) is 0. The van der Waals surface area contributed by atoms with E-state index in [4.69, 9.17) is 4.42 Å². The van der Waals surface area contributed by atoms with Crippen molar-refractivity contribution in [2.75, 3.05) is 0 Å². The van der Waals surface area contributed by atoms with Crippen molar-refractivity contribution in [3.8, 4) is 22.8 Å². The third-order valence-corrected chi connectivity index (χ3v) is 3.44. The standard InChI is InChI=1S/C18H12N2O/c1-2-6-13(7-3-1)17-12-20-18(21-17)15-8-4-10-16-14(15)9-5-11-19-16/h1-12H. The largest absolute Gasteiger partial charge is 0.436 e. The van der Waals surface area contributed by atoms with E-state index < -0.39 is 0 Å². The van der Waals surface area contributed by atoms with Gasteiger partial charge in [-0.05, 0) is 18.2 Å². The number of aromatic nitrogens is 2. The van der Waals surface area contributed by atoms with E-state index in [1.54, 1.807) is 12.4 Å². The highest BCUT2D eigenvalue weighted by Crippen LogP contribution is 2.30. The van der Waals surface area contributed by atoms with E-state index in [2.05, 4.69) is 9.97 Å². The second-order valence-corrected chi connectivity index (χ2v) is 4.77. The summed E-state index contributed by atoms with van der Waals surface area (Å²) in [6.45, 7) is 0. The number of oxazole rings is 1. The molecule has 0 aliphatic carbocycles. The lowest BCUT2D eigenvalue weighted by atomic mass is 10.1. The quantitative estimate of drug-likeness (QED) is 0.537. The maximum Gasteiger partial charge on any atom is 0.227 e. The van der Waals surface area contributed by atoms with E-state index in [-0.39, 0.29) is 0 Å². The van der Waals surface area contributed by atoms with Gasteiger partial charge in [-0.3, -0.25) is 4.98 Å². The molecule has 4 aromatic rings. The molecule has 0 fully saturated rings. The van der Waals surface area contributed by atoms with Gasteiger partial charge < -0.3 is 4.42 Å². The van der Waals surface area contributed by atoms with E-state index in [0.717, 1.165) is 27.8 Å². The lowest BCUT2D eigenvalue weighted by Gasteiger charge is -2.01. The number of benzene rings is 2. The normalized spacial score (nSPS) is 10.9. The van der Waals surface area contributed by atoms with Crippen molar-refractivity contribution in [2.24, 2.45) is 0 Å². The zero-order valence-corrected chi connectivity index (χ0v) is 11.2. The van der Waals surface area contributed by atoms with Crippen LogP contribution in [0.4, 0.5) is 0 Å². The summed E-state index contributed by atoms with van der Waals surface area (Å²) in [5.74, 6) is 1.39. The molecular weight excluding hydrogens is 260 g/mol. The molecule has 2 heterocycles. The summed E-state index contributed by atoms with van der Waals surface area (Å²) in [5.41, 5.74) is 2.92. The van der Waals surface area contributed by atoms with Gasteiger partial charge in [-0.1, -0.05) is 42.5 Å². The third kappa shape index (κ3) is 2.09. The summed E-state index contributed by atoms with van der Waals surface area (Å²) in [5, 5.41) is 1.04. The first-order valence-electron chi connectivity index (χ1n) is 6.77. The minimum Gasteiger partial charge on any atom is -0.436 e. The van der Waals surface area contributed by atoms with Crippen LogP contribution in [-0.4, -0.2) is 9.97 Å². The van der Waals surface area contributed by atoms with Crippen LogP contribution >= 0.6 is 0 Å². The molecule has 0 N–H and O–H groups in total. The number of hydrogen-bond acceptors (Lipinski definition) is 3. The van der Waals surface area contributed by atoms with Gasteiger partial charge in [0.05, 0.1) is 11.7 Å². The van der Waals surface area contributed by atoms with Gasteiger partial charge in [0.2, 0.25) is 5.89 Å². The SMILES string of the molecule is c1ccc(-c2cnc(-c3cccc4ncccc34)o2)cc1. The molecule has 2 aromatic carbocycles. The minimum atomic E-state index is 0.618. The number of hydrogen-bond donors (Lipinski definition) is 0. The molecule has 0 atom stereocenters. The zero-order chi connectivity index (χ0) is 14.1. The van der Waals surface area contributed by atoms with Crippen molar-refractivity contribution in [1.29, 1.82) is 0 Å². The lowest BCUT2D eigenvalue weighted by Crippen LogP contribution is -1.82. The van der Waals surface area contributed by atoms with Crippen molar-refractivity contribution in [3.05, 3.63) is 73.1 Å². The minimum absolute atomic E-state index is 0.618. The van der Waals surface area contributed by atoms with Gasteiger partial charge in [0.1, 0.15) is 0 Å². The molecule has 4 rings (SSSR count). The molecule has 0 amide bonds. The summed E-state index contributed by atoms with van der Waals surface area (Å²) in [4.78, 5) is 8.78. The Morgan fingerprint density at radius 3 is 2.57 bits per heavy atom. The maximum absolute atomic E-state index is 5.92. The molecule has 0 aliphatic rings. The molecule has 0 spiro atoms. The van der Waals surface area contributed by atoms with Crippen molar-refractivity contribution in [1.82, 2.24) is 9.97 Å². The van der Waals surface area contributed by atoms with E-state index in [0.29, 0.717) is 5.89 Å². The summed E-state index contributed by atoms with van der Waals surface area (Å²) >= 11 is 0. The van der Waals surface area contributed by atoms with Gasteiger partial charge in [0, 0.05) is 22.7 Å². The van der Waals surface area contributed by atoms with Gasteiger partial charge in [0.15, 0.2) is 5.76 Å². The fourth-order valence-electron chi connectivity index (χ4n) is 2.42. The first kappa shape index (κ1) is 11.9. The third-order valence-electron chi connectivity index (χ3n) is 3.44. The van der Waals surface area contributed by atoms with E-state index in [1.807, 2.05) is 60.7 Å². The molecule has 0 aliphatic heterocycles. The molecule has 0 unspecified atom stereocenters. The Morgan fingerprint density at radius 2 is 1.67 bits per heavy atom. The second kappa shape index (κ2) is 4.87. The number of nitrogens with zero attached hydrogens (tertiary/aromatic N) is 2. The molecule has 2 aromatic heterocycles. The van der Waals surface area contributed by atoms with Gasteiger partial charge in [-0.25, -0.2) is 4.98 Å². The van der Waals surface area contributed by atoms with Gasteiger partial charge in [0.25, 0.3) is 0 Å². The Labute approximate surface area is 121 Å². The maximum atomic E-state index is 5.92. The highest BCUT2D eigenvalue weighted by atomic mass is 16.4. The van der Waals surface area contributed by atoms with Crippen LogP contribution in [0.1, 0.15) is 0 Å². The average molecular weight is 272 g/mol. The second-order valence-electron chi connectivity index (χ2n) is 4.77. The number of fused-ring (bicyclic) bond motifs is 1. The van der Waals surface area contributed by atoms with Crippen molar-refractivity contribution in [3.63, 3.8) is 0 Å². The average Bonchev–Trinajstić information content (AvgIpc) is 3.05. The Balaban J connectivity index is 1.85. The van der Waals surface area contributed by atoms with Crippen LogP contribution in [0.15, 0.2) is 77.5 Å². The Kier molecular flexibility index (Phi) is 2.75. The molecule has 0 bridgehead atoms. The van der Waals surface area contributed by atoms with Crippen LogP contribution in [-0.2, 0) is 0 Å². The molecule has 100 valence electrons. The topological polar surface area (TPSA) is 38.9 Å².